The second-order valence-corrected chi connectivity index (χ2v) is 13.8. The second kappa shape index (κ2) is 10.4. The Kier molecular flexibility index (Phi) is 8.11. The van der Waals surface area contributed by atoms with E-state index in [0.717, 1.165) is 32.1 Å². The van der Waals surface area contributed by atoms with Gasteiger partial charge in [0.2, 0.25) is 0 Å². The Morgan fingerprint density at radius 1 is 1.25 bits per heavy atom. The van der Waals surface area contributed by atoms with Gasteiger partial charge in [-0.25, -0.2) is 0 Å². The molecule has 0 heterocycles. The van der Waals surface area contributed by atoms with E-state index in [2.05, 4.69) is 40.3 Å². The van der Waals surface area contributed by atoms with E-state index < -0.39 is 23.7 Å². The first-order valence-corrected chi connectivity index (χ1v) is 14.8. The summed E-state index contributed by atoms with van der Waals surface area (Å²) in [6.45, 7) is 12.9. The predicted octanol–water partition coefficient (Wildman–Crippen LogP) is 4.23. The molecule has 0 aromatic rings. The van der Waals surface area contributed by atoms with Crippen molar-refractivity contribution in [1.29, 1.82) is 0 Å². The van der Waals surface area contributed by atoms with Crippen LogP contribution in [0.5, 0.6) is 0 Å². The first-order chi connectivity index (χ1) is 16.9. The van der Waals surface area contributed by atoms with E-state index in [0.29, 0.717) is 18.8 Å². The van der Waals surface area contributed by atoms with Crippen LogP contribution in [0.1, 0.15) is 72.6 Å². The summed E-state index contributed by atoms with van der Waals surface area (Å²) in [5.41, 5.74) is 6.16. The van der Waals surface area contributed by atoms with Crippen LogP contribution in [0.25, 0.3) is 0 Å². The highest BCUT2D eigenvalue weighted by Crippen LogP contribution is 2.67. The van der Waals surface area contributed by atoms with Crippen LogP contribution < -0.4 is 5.73 Å². The van der Waals surface area contributed by atoms with Gasteiger partial charge >= 0.3 is 5.97 Å². The summed E-state index contributed by atoms with van der Waals surface area (Å²) in [5, 5.41) is 22.2. The molecular formula is C29H47NO5S. The van der Waals surface area contributed by atoms with Crippen molar-refractivity contribution in [3.8, 4) is 0 Å². The number of aliphatic hydroxyl groups is 2. The molecule has 0 amide bonds. The van der Waals surface area contributed by atoms with Crippen LogP contribution in [0.15, 0.2) is 24.3 Å². The normalized spacial score (nSPS) is 48.8. The van der Waals surface area contributed by atoms with E-state index in [4.69, 9.17) is 15.2 Å². The molecule has 4 aliphatic rings. The zero-order valence-electron chi connectivity index (χ0n) is 22.7. The summed E-state index contributed by atoms with van der Waals surface area (Å²) >= 11 is 1.48. The maximum Gasteiger partial charge on any atom is 0.316 e. The third-order valence-electron chi connectivity index (χ3n) is 10.7. The van der Waals surface area contributed by atoms with Crippen LogP contribution in [-0.4, -0.2) is 64.8 Å². The summed E-state index contributed by atoms with van der Waals surface area (Å²) < 4.78 is 12.2. The number of carbonyl (C=O) groups is 1. The minimum atomic E-state index is -0.607. The molecule has 0 aliphatic heterocycles. The van der Waals surface area contributed by atoms with Crippen LogP contribution in [0.4, 0.5) is 0 Å². The van der Waals surface area contributed by atoms with E-state index in [9.17, 15) is 15.0 Å². The smallest absolute Gasteiger partial charge is 0.316 e. The molecule has 6 nitrogen and oxygen atoms in total. The van der Waals surface area contributed by atoms with Crippen molar-refractivity contribution in [3.05, 3.63) is 24.3 Å². The van der Waals surface area contributed by atoms with E-state index >= 15 is 0 Å². The maximum absolute atomic E-state index is 13.3. The van der Waals surface area contributed by atoms with Gasteiger partial charge in [0.15, 0.2) is 0 Å². The molecule has 204 valence electrons. The molecule has 11 atom stereocenters. The average Bonchev–Trinajstić information content (AvgIpc) is 3.25. The number of hydrogen-bond acceptors (Lipinski definition) is 7. The van der Waals surface area contributed by atoms with E-state index in [1.165, 1.54) is 17.3 Å². The van der Waals surface area contributed by atoms with E-state index in [1.807, 2.05) is 6.08 Å². The number of nitrogens with two attached hydrogens (primary N) is 1. The van der Waals surface area contributed by atoms with Gasteiger partial charge in [-0.05, 0) is 62.2 Å². The number of rotatable bonds is 6. The van der Waals surface area contributed by atoms with Crippen LogP contribution >= 0.6 is 11.8 Å². The molecule has 4 rings (SSSR count). The molecule has 0 aromatic heterocycles. The molecular weight excluding hydrogens is 474 g/mol. The molecule has 0 aromatic carbocycles. The lowest BCUT2D eigenvalue weighted by molar-refractivity contribution is -0.168. The molecule has 3 fully saturated rings. The van der Waals surface area contributed by atoms with Gasteiger partial charge in [-0.3, -0.25) is 4.79 Å². The molecule has 2 bridgehead atoms. The Labute approximate surface area is 221 Å². The Bertz CT molecular complexity index is 880. The van der Waals surface area contributed by atoms with E-state index in [1.54, 1.807) is 7.11 Å². The highest BCUT2D eigenvalue weighted by molar-refractivity contribution is 8.00. The van der Waals surface area contributed by atoms with E-state index in [-0.39, 0.29) is 45.9 Å². The van der Waals surface area contributed by atoms with Crippen LogP contribution in [-0.2, 0) is 14.3 Å². The summed E-state index contributed by atoms with van der Waals surface area (Å²) in [5.74, 6) is 0.293. The molecule has 1 unspecified atom stereocenters. The standard InChI is InChI=1S/C29H47NO5S/c1-7-27(4)15-24(35-25(32)16-36-22-9-8-19(30)12-21(22)31)28(5)17(2)10-11-29(18(3)26(27)33)14-20(34-6)13-23(28)29/h7,13,17-22,24,26,31,33H,1,8-12,14-16,30H2,2-6H3/t17?,18-,19+,20+,21+,22+,24+,26-,27+,28+,29-/m0/s1. The number of methoxy groups -OCH3 is 1. The fraction of sp³-hybridized carbons (Fsp3) is 0.828. The van der Waals surface area contributed by atoms with Gasteiger partial charge in [0.1, 0.15) is 6.10 Å². The lowest BCUT2D eigenvalue weighted by atomic mass is 9.46. The fourth-order valence-corrected chi connectivity index (χ4v) is 8.91. The maximum atomic E-state index is 13.3. The van der Waals surface area contributed by atoms with Crippen molar-refractivity contribution >= 4 is 17.7 Å². The Morgan fingerprint density at radius 2 is 1.97 bits per heavy atom. The number of esters is 1. The molecule has 36 heavy (non-hydrogen) atoms. The highest BCUT2D eigenvalue weighted by atomic mass is 32.2. The quantitative estimate of drug-likeness (QED) is 0.355. The topological polar surface area (TPSA) is 102 Å². The number of carbonyl (C=O) groups excluding carboxylic acids is 1. The monoisotopic (exact) mass is 521 g/mol. The first-order valence-electron chi connectivity index (χ1n) is 13.7. The van der Waals surface area contributed by atoms with Crippen molar-refractivity contribution < 1.29 is 24.5 Å². The lowest BCUT2D eigenvalue weighted by Gasteiger charge is -2.60. The zero-order valence-corrected chi connectivity index (χ0v) is 23.6. The third-order valence-corrected chi connectivity index (χ3v) is 12.0. The van der Waals surface area contributed by atoms with Gasteiger partial charge in [-0.2, -0.15) is 0 Å². The van der Waals surface area contributed by atoms with Crippen molar-refractivity contribution in [1.82, 2.24) is 0 Å². The zero-order chi connectivity index (χ0) is 26.5. The SMILES string of the molecule is C=C[C@]1(C)C[C@@H](OC(=O)CS[C@@H]2CC[C@@H](N)C[C@H]2O)[C@@]2(C)C3=C[C@@H](OC)C[C@@]3(CCC2C)[C@@H](C)[C@@H]1O. The summed E-state index contributed by atoms with van der Waals surface area (Å²) in [4.78, 5) is 13.3. The molecule has 4 N–H and O–H groups in total. The van der Waals surface area contributed by atoms with Crippen LogP contribution in [0.2, 0.25) is 0 Å². The third kappa shape index (κ3) is 4.61. The van der Waals surface area contributed by atoms with Gasteiger partial charge in [0.05, 0.1) is 24.1 Å². The van der Waals surface area contributed by atoms with Gasteiger partial charge in [0.25, 0.3) is 0 Å². The lowest BCUT2D eigenvalue weighted by Crippen LogP contribution is -2.59. The van der Waals surface area contributed by atoms with Gasteiger partial charge in [-0.15, -0.1) is 18.3 Å². The molecule has 4 aliphatic carbocycles. The predicted molar refractivity (Wildman–Crippen MR) is 144 cm³/mol. The van der Waals surface area contributed by atoms with Gasteiger partial charge < -0.3 is 25.4 Å². The van der Waals surface area contributed by atoms with Gasteiger partial charge in [-0.1, -0.05) is 45.4 Å². The number of thioether (sulfide) groups is 1. The summed E-state index contributed by atoms with van der Waals surface area (Å²) in [7, 11) is 1.75. The molecule has 0 spiro atoms. The number of ether oxygens (including phenoxy) is 2. The van der Waals surface area contributed by atoms with Crippen molar-refractivity contribution in [2.24, 2.45) is 33.8 Å². The largest absolute Gasteiger partial charge is 0.461 e. The summed E-state index contributed by atoms with van der Waals surface area (Å²) in [6, 6.07) is 0.0349. The Balaban J connectivity index is 1.64. The van der Waals surface area contributed by atoms with Crippen LogP contribution in [0.3, 0.4) is 0 Å². The molecule has 0 radical (unpaired) electrons. The second-order valence-electron chi connectivity index (χ2n) is 12.6. The van der Waals surface area contributed by atoms with Crippen molar-refractivity contribution in [3.63, 3.8) is 0 Å². The van der Waals surface area contributed by atoms with Gasteiger partial charge in [0, 0.05) is 29.2 Å². The Hall–Kier alpha value is -0.860. The highest BCUT2D eigenvalue weighted by Gasteiger charge is 2.63. The van der Waals surface area contributed by atoms with Crippen molar-refractivity contribution in [2.45, 2.75) is 108 Å². The Morgan fingerprint density at radius 3 is 2.61 bits per heavy atom. The fourth-order valence-electron chi connectivity index (χ4n) is 7.86. The summed E-state index contributed by atoms with van der Waals surface area (Å²) in [6.07, 6.45) is 8.29. The number of hydrogen-bond donors (Lipinski definition) is 3. The molecule has 3 saturated carbocycles. The minimum absolute atomic E-state index is 0.00145. The average molecular weight is 522 g/mol. The minimum Gasteiger partial charge on any atom is -0.461 e. The van der Waals surface area contributed by atoms with Crippen molar-refractivity contribution in [2.75, 3.05) is 12.9 Å². The molecule has 0 saturated heterocycles. The number of aliphatic hydroxyl groups excluding tert-OH is 2. The van der Waals surface area contributed by atoms with Crippen LogP contribution in [0, 0.1) is 28.1 Å². The first kappa shape index (κ1) is 28.2. The molecule has 7 heteroatoms.